The molecule has 206 valence electrons. The van der Waals surface area contributed by atoms with Gasteiger partial charge in [0.25, 0.3) is 0 Å². The Labute approximate surface area is 272 Å². The molecule has 4 heterocycles. The first-order chi connectivity index (χ1) is 20.7. The van der Waals surface area contributed by atoms with Crippen LogP contribution in [0.3, 0.4) is 0 Å². The molecule has 6 heteroatoms. The van der Waals surface area contributed by atoms with Gasteiger partial charge in [-0.3, -0.25) is 0 Å². The van der Waals surface area contributed by atoms with Gasteiger partial charge in [-0.05, 0) is 104 Å². The quantitative estimate of drug-likeness (QED) is 0.164. The van der Waals surface area contributed by atoms with Crippen molar-refractivity contribution in [3.8, 4) is 11.6 Å². The molecule has 8 rings (SSSR count). The van der Waals surface area contributed by atoms with Crippen LogP contribution in [0.25, 0.3) is 55.0 Å². The van der Waals surface area contributed by atoms with E-state index >= 15 is 0 Å². The monoisotopic (exact) mass is 767 g/mol. The van der Waals surface area contributed by atoms with Crippen molar-refractivity contribution in [1.29, 1.82) is 0 Å². The van der Waals surface area contributed by atoms with E-state index in [1.807, 2.05) is 26.2 Å². The maximum absolute atomic E-state index is 4.60. The summed E-state index contributed by atoms with van der Waals surface area (Å²) < 4.78 is 6.77. The molecule has 4 aromatic heterocycles. The molecule has 0 saturated carbocycles. The first-order valence-corrected chi connectivity index (χ1v) is 16.0. The highest BCUT2D eigenvalue weighted by Gasteiger charge is 2.07. The van der Waals surface area contributed by atoms with Crippen LogP contribution in [0.4, 0.5) is 0 Å². The summed E-state index contributed by atoms with van der Waals surface area (Å²) in [5, 5.41) is 7.32. The van der Waals surface area contributed by atoms with Crippen LogP contribution < -0.4 is 0 Å². The average molecular weight is 767 g/mol. The molecule has 0 fully saturated rings. The van der Waals surface area contributed by atoms with Gasteiger partial charge in [-0.2, -0.15) is 0 Å². The maximum atomic E-state index is 4.60. The molecule has 0 aliphatic heterocycles. The number of fused-ring (bicyclic) bond motifs is 4. The number of hydrogen-bond donors (Lipinski definition) is 0. The van der Waals surface area contributed by atoms with Crippen molar-refractivity contribution in [3.63, 3.8) is 0 Å². The molecule has 8 aromatic rings. The van der Waals surface area contributed by atoms with Gasteiger partial charge >= 0.3 is 0 Å². The van der Waals surface area contributed by atoms with E-state index in [4.69, 9.17) is 0 Å². The maximum Gasteiger partial charge on any atom is 0.137 e. The summed E-state index contributed by atoms with van der Waals surface area (Å²) in [5.74, 6) is 1.92. The number of para-hydroxylation sites is 2. The largest absolute Gasteiger partial charge is 0.301 e. The lowest BCUT2D eigenvalue weighted by Crippen LogP contribution is -1.95. The number of hydrogen-bond acceptors (Lipinski definition) is 2. The number of pyridine rings is 2. The first-order valence-electron chi connectivity index (χ1n) is 13.9. The van der Waals surface area contributed by atoms with E-state index in [9.17, 15) is 0 Å². The molecule has 0 radical (unpaired) electrons. The van der Waals surface area contributed by atoms with Gasteiger partial charge in [0.2, 0.25) is 0 Å². The summed E-state index contributed by atoms with van der Waals surface area (Å²) in [6.07, 6.45) is 8.05. The molecule has 0 N–H and O–H groups in total. The molecule has 0 saturated heterocycles. The summed E-state index contributed by atoms with van der Waals surface area (Å²) in [7, 11) is 0. The molecule has 0 unspecified atom stereocenters. The van der Waals surface area contributed by atoms with E-state index < -0.39 is 0 Å². The zero-order chi connectivity index (χ0) is 29.1. The van der Waals surface area contributed by atoms with Gasteiger partial charge in [-0.25, -0.2) is 9.97 Å². The lowest BCUT2D eigenvalue weighted by Gasteiger charge is -2.07. The smallest absolute Gasteiger partial charge is 0.137 e. The molecule has 4 nitrogen and oxygen atoms in total. The summed E-state index contributed by atoms with van der Waals surface area (Å²) in [6, 6.07) is 37.9. The fourth-order valence-corrected chi connectivity index (χ4v) is 6.42. The van der Waals surface area contributed by atoms with E-state index in [1.54, 1.807) is 0 Å². The van der Waals surface area contributed by atoms with Crippen LogP contribution in [0.1, 0.15) is 13.8 Å². The second kappa shape index (κ2) is 12.6. The van der Waals surface area contributed by atoms with Crippen molar-refractivity contribution in [2.45, 2.75) is 13.8 Å². The van der Waals surface area contributed by atoms with Crippen molar-refractivity contribution < 1.29 is 0 Å². The second-order valence-electron chi connectivity index (χ2n) is 9.50. The van der Waals surface area contributed by atoms with E-state index in [0.717, 1.165) is 11.6 Å². The molecule has 42 heavy (non-hydrogen) atoms. The molecule has 0 spiro atoms. The zero-order valence-electron chi connectivity index (χ0n) is 23.2. The standard InChI is InChI=1S/2C17H11IN2.C2H6/c2*18-15-6-3-5-13-11-19-17(10-14(13)15)20-9-8-12-4-1-2-7-16(12)20;1-2/h2*1-11H;1-2H3/i18-3;;. The minimum atomic E-state index is 0.961. The van der Waals surface area contributed by atoms with E-state index in [0.29, 0.717) is 0 Å². The Kier molecular flexibility index (Phi) is 8.53. The van der Waals surface area contributed by atoms with Crippen LogP contribution in [-0.2, 0) is 0 Å². The average Bonchev–Trinajstić information content (AvgIpc) is 3.68. The molecular weight excluding hydrogens is 739 g/mol. The fraction of sp³-hybridized carbons (Fsp3) is 0.0556. The molecule has 4 aromatic carbocycles. The van der Waals surface area contributed by atoms with E-state index in [-0.39, 0.29) is 0 Å². The van der Waals surface area contributed by atoms with Gasteiger partial charge in [-0.1, -0.05) is 74.5 Å². The van der Waals surface area contributed by atoms with Gasteiger partial charge in [-0.15, -0.1) is 0 Å². The van der Waals surface area contributed by atoms with Crippen LogP contribution in [0, 0.1) is 7.14 Å². The Bertz CT molecular complexity index is 2000. The topological polar surface area (TPSA) is 35.6 Å². The van der Waals surface area contributed by atoms with Crippen LogP contribution in [-0.4, -0.2) is 19.1 Å². The van der Waals surface area contributed by atoms with Crippen LogP contribution in [0.15, 0.2) is 134 Å². The minimum Gasteiger partial charge on any atom is -0.301 e. The fourth-order valence-electron chi connectivity index (χ4n) is 5.07. The van der Waals surface area contributed by atoms with Gasteiger partial charge in [0.1, 0.15) is 11.6 Å². The summed E-state index contributed by atoms with van der Waals surface area (Å²) in [6.45, 7) is 4.00. The summed E-state index contributed by atoms with van der Waals surface area (Å²) in [4.78, 5) is 9.20. The highest BCUT2D eigenvalue weighted by atomic mass is 127. The van der Waals surface area contributed by atoms with Crippen LogP contribution in [0.5, 0.6) is 0 Å². The SMILES string of the molecule is CC.Ic1cccc2cnc(-n3ccc4ccccc43)cc12.[124I]c1cccc2cnc(-n3ccc4ccccc43)cc12. The number of nitrogens with zero attached hydrogens (tertiary/aromatic N) is 4. The number of halogens is 2. The minimum absolute atomic E-state index is 0.961. The van der Waals surface area contributed by atoms with Crippen molar-refractivity contribution in [1.82, 2.24) is 19.1 Å². The van der Waals surface area contributed by atoms with Crippen molar-refractivity contribution in [3.05, 3.63) is 141 Å². The third kappa shape index (κ3) is 5.53. The van der Waals surface area contributed by atoms with Crippen LogP contribution >= 0.6 is 45.2 Å². The highest BCUT2D eigenvalue weighted by molar-refractivity contribution is 14.1. The first kappa shape index (κ1) is 28.4. The van der Waals surface area contributed by atoms with Gasteiger partial charge in [0.15, 0.2) is 0 Å². The van der Waals surface area contributed by atoms with Gasteiger partial charge in [0, 0.05) is 53.5 Å². The van der Waals surface area contributed by atoms with Crippen molar-refractivity contribution >= 4 is 88.5 Å². The zero-order valence-corrected chi connectivity index (χ0v) is 27.6. The predicted molar refractivity (Wildman–Crippen MR) is 194 cm³/mol. The van der Waals surface area contributed by atoms with Gasteiger partial charge < -0.3 is 9.13 Å². The third-order valence-electron chi connectivity index (χ3n) is 7.08. The normalized spacial score (nSPS) is 10.9. The lowest BCUT2D eigenvalue weighted by molar-refractivity contribution is 1.05. The molecule has 0 aliphatic carbocycles. The number of benzene rings is 4. The Morgan fingerprint density at radius 2 is 1.02 bits per heavy atom. The highest BCUT2D eigenvalue weighted by Crippen LogP contribution is 2.26. The third-order valence-corrected chi connectivity index (χ3v) is 8.97. The van der Waals surface area contributed by atoms with Crippen LogP contribution in [0.2, 0.25) is 0 Å². The number of aromatic nitrogens is 4. The molecule has 0 aliphatic rings. The Hall–Kier alpha value is -3.76. The Balaban J connectivity index is 0.000000142. The molecule has 0 bridgehead atoms. The predicted octanol–water partition coefficient (Wildman–Crippen LogP) is 10.6. The summed E-state index contributed by atoms with van der Waals surface area (Å²) >= 11 is 4.75. The molecule has 0 atom stereocenters. The Morgan fingerprint density at radius 3 is 1.62 bits per heavy atom. The van der Waals surface area contributed by atoms with Gasteiger partial charge in [0.05, 0.1) is 11.0 Å². The summed E-state index contributed by atoms with van der Waals surface area (Å²) in [5.41, 5.74) is 2.37. The van der Waals surface area contributed by atoms with Crippen molar-refractivity contribution in [2.24, 2.45) is 0 Å². The number of rotatable bonds is 2. The van der Waals surface area contributed by atoms with E-state index in [2.05, 4.69) is 186 Å². The Morgan fingerprint density at radius 1 is 0.548 bits per heavy atom. The second-order valence-corrected chi connectivity index (χ2v) is 11.8. The van der Waals surface area contributed by atoms with Crippen molar-refractivity contribution in [2.75, 3.05) is 0 Å². The lowest BCUT2D eigenvalue weighted by atomic mass is 10.2. The molecule has 0 amide bonds. The molecular formula is C36H28I2N4. The van der Waals surface area contributed by atoms with E-state index in [1.165, 1.54) is 50.5 Å².